The first-order valence-corrected chi connectivity index (χ1v) is 11.0. The van der Waals surface area contributed by atoms with E-state index in [0.717, 1.165) is 39.9 Å². The van der Waals surface area contributed by atoms with Crippen LogP contribution in [0.2, 0.25) is 0 Å². The predicted octanol–water partition coefficient (Wildman–Crippen LogP) is 6.01. The third-order valence-corrected chi connectivity index (χ3v) is 8.42. The molecule has 3 aromatic carbocycles. The average molecular weight is 493 g/mol. The quantitative estimate of drug-likeness (QED) is 0.134. The van der Waals surface area contributed by atoms with Crippen LogP contribution in [0.1, 0.15) is 32.3 Å². The van der Waals surface area contributed by atoms with E-state index in [0.29, 0.717) is 10.8 Å². The minimum Gasteiger partial charge on any atom is -0.268 e. The molecule has 0 spiro atoms. The molecule has 0 unspecified atom stereocenters. The Morgan fingerprint density at radius 2 is 1.14 bits per heavy atom. The van der Waals surface area contributed by atoms with Gasteiger partial charge in [-0.15, -0.1) is 0 Å². The summed E-state index contributed by atoms with van der Waals surface area (Å²) in [5.41, 5.74) is 1.49. The molecule has 4 heteroatoms. The molecule has 0 bridgehead atoms. The van der Waals surface area contributed by atoms with E-state index in [1.807, 2.05) is 48.5 Å². The number of rotatable bonds is 3. The fourth-order valence-electron chi connectivity index (χ4n) is 4.55. The highest BCUT2D eigenvalue weighted by atomic mass is 127. The van der Waals surface area contributed by atoms with Crippen molar-refractivity contribution in [1.29, 1.82) is 0 Å². The number of benzene rings is 3. The van der Waals surface area contributed by atoms with Crippen molar-refractivity contribution < 1.29 is 0 Å². The van der Waals surface area contributed by atoms with Gasteiger partial charge in [0.2, 0.25) is 0 Å². The maximum Gasteiger partial charge on any atom is 0.266 e. The van der Waals surface area contributed by atoms with Crippen molar-refractivity contribution in [1.82, 2.24) is 4.40 Å². The zero-order chi connectivity index (χ0) is 20.3. The fraction of sp³-hybridized carbons (Fsp3) is 0.200. The number of aromatic nitrogens is 1. The molecule has 0 aliphatic carbocycles. The van der Waals surface area contributed by atoms with Crippen molar-refractivity contribution in [3.8, 4) is 0 Å². The summed E-state index contributed by atoms with van der Waals surface area (Å²) in [7, 11) is 0. The highest BCUT2D eigenvalue weighted by molar-refractivity contribution is 14.1. The summed E-state index contributed by atoms with van der Waals surface area (Å²) in [5, 5.41) is 4.93. The molecule has 3 nitrogen and oxygen atoms in total. The third kappa shape index (κ3) is 2.48. The van der Waals surface area contributed by atoms with Gasteiger partial charge in [0.05, 0.1) is 5.52 Å². The second-order valence-electron chi connectivity index (χ2n) is 7.63. The van der Waals surface area contributed by atoms with Crippen LogP contribution >= 0.6 is 22.6 Å². The minimum atomic E-state index is -0.242. The molecular weight excluding hydrogens is 473 g/mol. The van der Waals surface area contributed by atoms with Gasteiger partial charge in [-0.05, 0) is 53.4 Å². The lowest BCUT2D eigenvalue weighted by Gasteiger charge is -2.26. The number of halogens is 1. The Bertz CT molecular complexity index is 1430. The second-order valence-corrected chi connectivity index (χ2v) is 9.69. The topological polar surface area (TPSA) is 38.5 Å². The van der Waals surface area contributed by atoms with Crippen LogP contribution in [0.5, 0.6) is 0 Å². The largest absolute Gasteiger partial charge is 0.268 e. The monoisotopic (exact) mass is 493 g/mol. The maximum absolute atomic E-state index is 13.3. The average Bonchev–Trinajstić information content (AvgIpc) is 2.77. The number of pyridine rings is 2. The Labute approximate surface area is 181 Å². The van der Waals surface area contributed by atoms with Crippen LogP contribution in [0.25, 0.3) is 37.8 Å². The molecule has 0 aliphatic rings. The van der Waals surface area contributed by atoms with Crippen LogP contribution < -0.4 is 11.1 Å². The second kappa shape index (κ2) is 6.52. The van der Waals surface area contributed by atoms with Gasteiger partial charge in [-0.2, -0.15) is 0 Å². The first-order chi connectivity index (χ1) is 14.0. The van der Waals surface area contributed by atoms with Crippen LogP contribution in [-0.2, 0) is 3.42 Å². The number of alkyl halides is 1. The van der Waals surface area contributed by atoms with E-state index < -0.39 is 0 Å². The molecular formula is C25H20INO2. The predicted molar refractivity (Wildman–Crippen MR) is 130 cm³/mol. The molecule has 2 aromatic heterocycles. The first kappa shape index (κ1) is 18.6. The molecule has 0 saturated carbocycles. The Balaban J connectivity index is 2.18. The van der Waals surface area contributed by atoms with Crippen LogP contribution in [-0.4, -0.2) is 4.40 Å². The van der Waals surface area contributed by atoms with Gasteiger partial charge >= 0.3 is 0 Å². The van der Waals surface area contributed by atoms with E-state index in [9.17, 15) is 9.59 Å². The molecule has 5 aromatic rings. The number of hydrogen-bond acceptors (Lipinski definition) is 2. The molecule has 0 N–H and O–H groups in total. The lowest BCUT2D eigenvalue weighted by atomic mass is 9.89. The molecule has 0 aliphatic heterocycles. The SMILES string of the molecule is CCC(I)(CC)c1cc2c3ccccc3c(=O)n3c(=O)c4ccccc4c(c1)c23. The molecule has 29 heavy (non-hydrogen) atoms. The van der Waals surface area contributed by atoms with Crippen molar-refractivity contribution >= 4 is 60.4 Å². The third-order valence-electron chi connectivity index (χ3n) is 6.27. The van der Waals surface area contributed by atoms with E-state index >= 15 is 0 Å². The van der Waals surface area contributed by atoms with E-state index in [2.05, 4.69) is 48.6 Å². The summed E-state index contributed by atoms with van der Waals surface area (Å²) in [6.07, 6.45) is 2.01. The maximum atomic E-state index is 13.3. The summed E-state index contributed by atoms with van der Waals surface area (Å²) < 4.78 is 1.38. The summed E-state index contributed by atoms with van der Waals surface area (Å²) in [6.45, 7) is 4.42. The Hall–Kier alpha value is -2.47. The zero-order valence-electron chi connectivity index (χ0n) is 16.3. The number of fused-ring (bicyclic) bond motifs is 4. The van der Waals surface area contributed by atoms with Crippen molar-refractivity contribution in [3.05, 3.63) is 86.9 Å². The standard InChI is InChI=1S/C25H20INO2/c1-3-25(26,4-2)15-13-20-16-9-5-7-11-18(16)23(28)27-22(20)21(14-15)17-10-6-8-12-19(17)24(27)29/h5-14H,3-4H2,1-2H3. The van der Waals surface area contributed by atoms with Crippen LogP contribution in [0.3, 0.4) is 0 Å². The van der Waals surface area contributed by atoms with Crippen molar-refractivity contribution in [3.63, 3.8) is 0 Å². The highest BCUT2D eigenvalue weighted by Gasteiger charge is 2.27. The molecule has 0 radical (unpaired) electrons. The van der Waals surface area contributed by atoms with Gasteiger partial charge in [0, 0.05) is 25.0 Å². The van der Waals surface area contributed by atoms with Crippen LogP contribution in [0, 0.1) is 0 Å². The first-order valence-electron chi connectivity index (χ1n) is 9.95. The van der Waals surface area contributed by atoms with Crippen molar-refractivity contribution in [2.75, 3.05) is 0 Å². The van der Waals surface area contributed by atoms with Gasteiger partial charge in [0.15, 0.2) is 0 Å². The molecule has 5 rings (SSSR count). The van der Waals surface area contributed by atoms with E-state index in [1.54, 1.807) is 0 Å². The zero-order valence-corrected chi connectivity index (χ0v) is 18.5. The van der Waals surface area contributed by atoms with Gasteiger partial charge in [-0.1, -0.05) is 72.8 Å². The molecule has 0 amide bonds. The van der Waals surface area contributed by atoms with E-state index in [1.165, 1.54) is 9.96 Å². The van der Waals surface area contributed by atoms with Crippen LogP contribution in [0.15, 0.2) is 70.3 Å². The van der Waals surface area contributed by atoms with Gasteiger partial charge in [0.1, 0.15) is 0 Å². The van der Waals surface area contributed by atoms with Crippen molar-refractivity contribution in [2.24, 2.45) is 0 Å². The fourth-order valence-corrected chi connectivity index (χ4v) is 4.86. The molecule has 2 heterocycles. The molecule has 0 fully saturated rings. The van der Waals surface area contributed by atoms with Gasteiger partial charge < -0.3 is 0 Å². The lowest BCUT2D eigenvalue weighted by Crippen LogP contribution is -2.27. The Kier molecular flexibility index (Phi) is 4.17. The molecule has 0 saturated heterocycles. The van der Waals surface area contributed by atoms with Crippen molar-refractivity contribution in [2.45, 2.75) is 30.1 Å². The van der Waals surface area contributed by atoms with E-state index in [-0.39, 0.29) is 14.5 Å². The normalized spacial score (nSPS) is 12.5. The van der Waals surface area contributed by atoms with Gasteiger partial charge in [-0.3, -0.25) is 9.59 Å². The smallest absolute Gasteiger partial charge is 0.266 e. The van der Waals surface area contributed by atoms with Crippen LogP contribution in [0.4, 0.5) is 0 Å². The van der Waals surface area contributed by atoms with Gasteiger partial charge in [0.25, 0.3) is 11.1 Å². The highest BCUT2D eigenvalue weighted by Crippen LogP contribution is 2.42. The summed E-state index contributed by atoms with van der Waals surface area (Å²) in [4.78, 5) is 26.6. The van der Waals surface area contributed by atoms with E-state index in [4.69, 9.17) is 0 Å². The number of nitrogens with zero attached hydrogens (tertiary/aromatic N) is 1. The summed E-state index contributed by atoms with van der Waals surface area (Å²) in [5.74, 6) is 0. The van der Waals surface area contributed by atoms with Gasteiger partial charge in [-0.25, -0.2) is 4.40 Å². The number of hydrogen-bond donors (Lipinski definition) is 0. The minimum absolute atomic E-state index is 0.000912. The Morgan fingerprint density at radius 3 is 1.55 bits per heavy atom. The molecule has 0 atom stereocenters. The Morgan fingerprint density at radius 1 is 0.724 bits per heavy atom. The molecule has 144 valence electrons. The lowest BCUT2D eigenvalue weighted by molar-refractivity contribution is 0.613. The summed E-state index contributed by atoms with van der Waals surface area (Å²) in [6, 6.07) is 19.6. The summed E-state index contributed by atoms with van der Waals surface area (Å²) >= 11 is 2.56.